The van der Waals surface area contributed by atoms with Crippen LogP contribution in [0.2, 0.25) is 0 Å². The zero-order chi connectivity index (χ0) is 16.8. The summed E-state index contributed by atoms with van der Waals surface area (Å²) in [5, 5.41) is 0. The van der Waals surface area contributed by atoms with Gasteiger partial charge >= 0.3 is 5.84 Å². The Balaban J connectivity index is 1.93. The summed E-state index contributed by atoms with van der Waals surface area (Å²) < 4.78 is 0. The number of nitrogens with zero attached hydrogens (tertiary/aromatic N) is 2. The molecule has 1 aliphatic heterocycles. The number of unbranched alkanes of at least 4 members (excludes halogenated alkanes) is 2. The molecule has 0 spiro atoms. The van der Waals surface area contributed by atoms with E-state index in [0.717, 1.165) is 48.2 Å². The zero-order valence-corrected chi connectivity index (χ0v) is 14.0. The summed E-state index contributed by atoms with van der Waals surface area (Å²) in [4.78, 5) is 20.3. The first-order valence-corrected chi connectivity index (χ1v) is 8.46. The van der Waals surface area contributed by atoms with E-state index in [1.54, 1.807) is 0 Å². The average Bonchev–Trinajstić information content (AvgIpc) is 2.98. The molecular formula is C21H22N2O+. The molecular weight excluding hydrogens is 296 g/mol. The Kier molecular flexibility index (Phi) is 4.99. The molecule has 3 nitrogen and oxygen atoms in total. The van der Waals surface area contributed by atoms with Gasteiger partial charge in [-0.2, -0.15) is 0 Å². The van der Waals surface area contributed by atoms with Crippen molar-refractivity contribution >= 4 is 17.8 Å². The molecule has 0 aliphatic carbocycles. The average molecular weight is 318 g/mol. The number of carbonyl (C=O) groups excluding carboxylic acids is 1. The molecule has 0 N–H and O–H groups in total. The first-order valence-electron chi connectivity index (χ1n) is 8.46. The maximum atomic E-state index is 10.5. The van der Waals surface area contributed by atoms with Gasteiger partial charge in [-0.25, -0.2) is 0 Å². The molecule has 0 saturated carbocycles. The number of benzene rings is 2. The highest BCUT2D eigenvalue weighted by Crippen LogP contribution is 2.30. The minimum atomic E-state index is -0.456. The molecule has 3 heteroatoms. The van der Waals surface area contributed by atoms with Gasteiger partial charge in [-0.3, -0.25) is 0 Å². The summed E-state index contributed by atoms with van der Waals surface area (Å²) in [5.41, 5.74) is 2.80. The Labute approximate surface area is 143 Å². The Morgan fingerprint density at radius 2 is 1.67 bits per heavy atom. The van der Waals surface area contributed by atoms with Crippen LogP contribution in [-0.4, -0.2) is 17.8 Å². The van der Waals surface area contributed by atoms with Crippen LogP contribution in [0.15, 0.2) is 65.7 Å². The van der Waals surface area contributed by atoms with Crippen LogP contribution in [-0.2, 0) is 10.3 Å². The van der Waals surface area contributed by atoms with Gasteiger partial charge in [0, 0.05) is 17.5 Å². The van der Waals surface area contributed by atoms with E-state index in [1.807, 2.05) is 36.4 Å². The number of aliphatic imine (C=N–C) groups is 2. The monoisotopic (exact) mass is 318 g/mol. The molecule has 0 bridgehead atoms. The highest BCUT2D eigenvalue weighted by Gasteiger charge is 2.48. The van der Waals surface area contributed by atoms with E-state index in [4.69, 9.17) is 9.98 Å². The molecule has 0 saturated heterocycles. The van der Waals surface area contributed by atoms with Gasteiger partial charge in [0.25, 0.3) is 0 Å². The zero-order valence-electron chi connectivity index (χ0n) is 14.0. The lowest BCUT2D eigenvalue weighted by atomic mass is 9.84. The molecule has 0 aromatic heterocycles. The lowest BCUT2D eigenvalue weighted by Gasteiger charge is -2.16. The minimum Gasteiger partial charge on any atom is -0.303 e. The summed E-state index contributed by atoms with van der Waals surface area (Å²) in [5.74, 6) is 0.881. The summed E-state index contributed by atoms with van der Waals surface area (Å²) in [6.45, 7) is 2.13. The van der Waals surface area contributed by atoms with Crippen molar-refractivity contribution < 1.29 is 4.79 Å². The SMILES string of the molecule is CC1(c2ccccc2)[N+]=C(CCCCC=O)N=C1c1ccccc1. The van der Waals surface area contributed by atoms with Gasteiger partial charge in [-0.15, -0.1) is 0 Å². The van der Waals surface area contributed by atoms with Gasteiger partial charge in [-0.05, 0) is 24.8 Å². The highest BCUT2D eigenvalue weighted by atomic mass is 16.1. The first-order chi connectivity index (χ1) is 11.7. The van der Waals surface area contributed by atoms with Crippen LogP contribution in [0.4, 0.5) is 0 Å². The van der Waals surface area contributed by atoms with Crippen molar-refractivity contribution in [3.8, 4) is 0 Å². The fraction of sp³-hybridized carbons (Fsp3) is 0.286. The predicted molar refractivity (Wildman–Crippen MR) is 98.4 cm³/mol. The molecule has 121 valence electrons. The molecule has 2 aromatic carbocycles. The van der Waals surface area contributed by atoms with E-state index in [2.05, 4.69) is 31.2 Å². The molecule has 2 aromatic rings. The number of rotatable bonds is 7. The summed E-state index contributed by atoms with van der Waals surface area (Å²) in [6.07, 6.45) is 4.23. The molecule has 24 heavy (non-hydrogen) atoms. The number of hydrogen-bond donors (Lipinski definition) is 0. The largest absolute Gasteiger partial charge is 0.335 e. The number of hydrogen-bond acceptors (Lipinski definition) is 3. The Bertz CT molecular complexity index is 750. The fourth-order valence-electron chi connectivity index (χ4n) is 3.10. The Hall–Kier alpha value is -2.55. The van der Waals surface area contributed by atoms with Crippen molar-refractivity contribution in [2.24, 2.45) is 4.99 Å². The third kappa shape index (κ3) is 3.35. The quantitative estimate of drug-likeness (QED) is 0.564. The molecule has 0 amide bonds. The molecule has 3 rings (SSSR count). The minimum absolute atomic E-state index is 0.456. The number of aldehydes is 1. The summed E-state index contributed by atoms with van der Waals surface area (Å²) >= 11 is 0. The Morgan fingerprint density at radius 1 is 1.00 bits per heavy atom. The Morgan fingerprint density at radius 3 is 2.33 bits per heavy atom. The van der Waals surface area contributed by atoms with Crippen LogP contribution in [0.5, 0.6) is 0 Å². The van der Waals surface area contributed by atoms with Gasteiger partial charge in [-0.1, -0.05) is 65.7 Å². The van der Waals surface area contributed by atoms with Gasteiger partial charge in [0.2, 0.25) is 11.3 Å². The van der Waals surface area contributed by atoms with Crippen molar-refractivity contribution in [1.29, 1.82) is 0 Å². The first kappa shape index (κ1) is 16.3. The standard InChI is InChI=1S/C21H22N2O/c1-21(18-13-7-3-8-14-18)20(17-11-5-2-6-12-17)22-19(23-21)15-9-4-10-16-24/h2-3,5-8,11-14,16H,4,9-10,15H2,1H3/q+1. The van der Waals surface area contributed by atoms with E-state index < -0.39 is 5.54 Å². The normalized spacial score (nSPS) is 19.7. The molecule has 1 unspecified atom stereocenters. The van der Waals surface area contributed by atoms with Gasteiger partial charge in [0.15, 0.2) is 0 Å². The van der Waals surface area contributed by atoms with E-state index in [9.17, 15) is 4.79 Å². The van der Waals surface area contributed by atoms with E-state index in [-0.39, 0.29) is 0 Å². The third-order valence-electron chi connectivity index (χ3n) is 4.41. The second-order valence-corrected chi connectivity index (χ2v) is 6.21. The van der Waals surface area contributed by atoms with Crippen LogP contribution < -0.4 is 4.99 Å². The molecule has 0 fully saturated rings. The van der Waals surface area contributed by atoms with Crippen molar-refractivity contribution in [2.45, 2.75) is 38.1 Å². The molecule has 1 aliphatic rings. The van der Waals surface area contributed by atoms with Crippen molar-refractivity contribution in [2.75, 3.05) is 0 Å². The number of amidine groups is 1. The van der Waals surface area contributed by atoms with Crippen molar-refractivity contribution in [1.82, 2.24) is 4.99 Å². The fourth-order valence-corrected chi connectivity index (χ4v) is 3.10. The van der Waals surface area contributed by atoms with Gasteiger partial charge < -0.3 is 4.79 Å². The van der Waals surface area contributed by atoms with Crippen molar-refractivity contribution in [3.63, 3.8) is 0 Å². The summed E-state index contributed by atoms with van der Waals surface area (Å²) in [7, 11) is 0. The maximum absolute atomic E-state index is 10.5. The van der Waals surface area contributed by atoms with Crippen LogP contribution in [0.3, 0.4) is 0 Å². The molecule has 1 atom stereocenters. The molecule has 1 heterocycles. The molecule has 1 radical (unpaired) electrons. The summed E-state index contributed by atoms with van der Waals surface area (Å²) in [6, 6.07) is 20.6. The van der Waals surface area contributed by atoms with Crippen LogP contribution in [0.1, 0.15) is 43.7 Å². The smallest absolute Gasteiger partial charge is 0.303 e. The lowest BCUT2D eigenvalue weighted by molar-refractivity contribution is -0.107. The third-order valence-corrected chi connectivity index (χ3v) is 4.41. The number of carbonyl (C=O) groups is 1. The van der Waals surface area contributed by atoms with Gasteiger partial charge in [0.05, 0.1) is 6.42 Å². The van der Waals surface area contributed by atoms with Crippen molar-refractivity contribution in [3.05, 3.63) is 71.8 Å². The maximum Gasteiger partial charge on any atom is 0.335 e. The second-order valence-electron chi connectivity index (χ2n) is 6.21. The van der Waals surface area contributed by atoms with Crippen LogP contribution in [0, 0.1) is 0 Å². The second kappa shape index (κ2) is 7.35. The van der Waals surface area contributed by atoms with Crippen LogP contribution >= 0.6 is 0 Å². The topological polar surface area (TPSA) is 43.5 Å². The van der Waals surface area contributed by atoms with Gasteiger partial charge in [0.1, 0.15) is 6.29 Å². The van der Waals surface area contributed by atoms with E-state index >= 15 is 0 Å². The highest BCUT2D eigenvalue weighted by molar-refractivity contribution is 6.16. The lowest BCUT2D eigenvalue weighted by Crippen LogP contribution is -2.35. The van der Waals surface area contributed by atoms with E-state index in [0.29, 0.717) is 6.42 Å². The predicted octanol–water partition coefficient (Wildman–Crippen LogP) is 3.90. The van der Waals surface area contributed by atoms with E-state index in [1.165, 1.54) is 0 Å². The van der Waals surface area contributed by atoms with Crippen LogP contribution in [0.25, 0.3) is 0 Å².